The Balaban J connectivity index is 1.68. The van der Waals surface area contributed by atoms with Gasteiger partial charge in [-0.15, -0.1) is 0 Å². The van der Waals surface area contributed by atoms with Crippen LogP contribution in [0.4, 0.5) is 0 Å². The molecule has 0 aliphatic carbocycles. The van der Waals surface area contributed by atoms with Crippen molar-refractivity contribution < 1.29 is 116 Å². The molecule has 24 nitrogen and oxygen atoms in total. The average Bonchev–Trinajstić information content (AvgIpc) is 3.19. The van der Waals surface area contributed by atoms with Crippen molar-refractivity contribution in [1.82, 2.24) is 0 Å². The molecule has 24 heteroatoms. The van der Waals surface area contributed by atoms with E-state index in [1.807, 2.05) is 0 Å². The number of hydrogen-bond acceptors (Lipinski definition) is 22. The maximum Gasteiger partial charge on any atom is 0.335 e. The van der Waals surface area contributed by atoms with Crippen molar-refractivity contribution in [3.63, 3.8) is 0 Å². The number of ether oxygens (including phenoxy) is 15. The quantitative estimate of drug-likeness (QED) is 0.0847. The Morgan fingerprint density at radius 1 is 0.508 bits per heavy atom. The maximum atomic E-state index is 12.9. The van der Waals surface area contributed by atoms with Crippen molar-refractivity contribution in [1.29, 1.82) is 0 Å². The van der Waals surface area contributed by atoms with E-state index < -0.39 is 160 Å². The Hall–Kier alpha value is -2.76. The molecule has 0 spiro atoms. The van der Waals surface area contributed by atoms with Crippen molar-refractivity contribution >= 4 is 23.9 Å². The van der Waals surface area contributed by atoms with Gasteiger partial charge in [0, 0.05) is 62.4 Å². The molecule has 4 heterocycles. The number of carboxylic acids is 2. The van der Waals surface area contributed by atoms with Gasteiger partial charge < -0.3 is 96.6 Å². The molecule has 20 atom stereocenters. The van der Waals surface area contributed by atoms with E-state index in [1.54, 1.807) is 6.92 Å². The molecule has 0 aromatic heterocycles. The smallest absolute Gasteiger partial charge is 0.335 e. The Bertz CT molecular complexity index is 1390. The second kappa shape index (κ2) is 21.9. The molecule has 4 saturated heterocycles. The molecule has 59 heavy (non-hydrogen) atoms. The first kappa shape index (κ1) is 48.9. The molecule has 340 valence electrons. The van der Waals surface area contributed by atoms with Gasteiger partial charge in [-0.1, -0.05) is 6.92 Å². The molecule has 5 N–H and O–H groups in total. The lowest BCUT2D eigenvalue weighted by Gasteiger charge is -2.50. The lowest BCUT2D eigenvalue weighted by Crippen LogP contribution is -2.68. The lowest BCUT2D eigenvalue weighted by atomic mass is 9.90. The van der Waals surface area contributed by atoms with Gasteiger partial charge in [0.2, 0.25) is 0 Å². The summed E-state index contributed by atoms with van der Waals surface area (Å²) < 4.78 is 85.6. The van der Waals surface area contributed by atoms with Crippen LogP contribution in [0.25, 0.3) is 0 Å². The van der Waals surface area contributed by atoms with Crippen molar-refractivity contribution in [3.05, 3.63) is 0 Å². The molecule has 4 fully saturated rings. The Morgan fingerprint density at radius 2 is 0.983 bits per heavy atom. The van der Waals surface area contributed by atoms with Crippen LogP contribution >= 0.6 is 0 Å². The zero-order chi connectivity index (χ0) is 43.9. The normalized spacial score (nSPS) is 42.8. The minimum atomic E-state index is -2.00. The summed E-state index contributed by atoms with van der Waals surface area (Å²) in [4.78, 5) is 49.6. The van der Waals surface area contributed by atoms with E-state index in [4.69, 9.17) is 71.1 Å². The number of rotatable bonds is 18. The third kappa shape index (κ3) is 10.8. The predicted octanol–water partition coefficient (Wildman–Crippen LogP) is -3.22. The molecule has 0 bridgehead atoms. The van der Waals surface area contributed by atoms with Crippen LogP contribution in [0.3, 0.4) is 0 Å². The van der Waals surface area contributed by atoms with Gasteiger partial charge in [0.1, 0.15) is 73.8 Å². The number of carbonyl (C=O) groups excluding carboxylic acids is 2. The van der Waals surface area contributed by atoms with E-state index in [9.17, 15) is 44.7 Å². The molecule has 4 aliphatic rings. The highest BCUT2D eigenvalue weighted by molar-refractivity contribution is 5.73. The number of aliphatic carboxylic acids is 2. The molecule has 0 saturated carbocycles. The van der Waals surface area contributed by atoms with Gasteiger partial charge in [-0.3, -0.25) is 9.59 Å². The summed E-state index contributed by atoms with van der Waals surface area (Å²) in [5, 5.41) is 53.1. The van der Waals surface area contributed by atoms with E-state index in [0.717, 1.165) is 13.8 Å². The van der Waals surface area contributed by atoms with Crippen LogP contribution in [-0.2, 0) is 90.2 Å². The minimum Gasteiger partial charge on any atom is -0.479 e. The summed E-state index contributed by atoms with van der Waals surface area (Å²) in [5.41, 5.74) is 0. The standard InChI is InChI=1S/C35H56O24/c1-12-19(45-4)28(48-7)34(55-20(12)30(41)42)57-22-16(11-51-13(2)37)54-33(18(40)24(22)52-14(3)38)58-26-25(47-6)29(49-8)35(59-27(26)31(43)44)56-21-15(10-36)53-32(50-9)17(39)23(21)46-5/h12,15-29,32-36,39-40H,10-11H2,1-9H3,(H,41,42)(H,43,44)/t12-,15?,16-,17?,18?,19-,20?,21+,22+,23+,24?,25?,26-,27+,28?,29?,32-,33+,34-,35-/m0/s1. The first-order chi connectivity index (χ1) is 28.0. The summed E-state index contributed by atoms with van der Waals surface area (Å²) in [7, 11) is 7.58. The molecular formula is C35H56O24. The van der Waals surface area contributed by atoms with Gasteiger partial charge in [-0.05, 0) is 0 Å². The molecule has 0 amide bonds. The van der Waals surface area contributed by atoms with Gasteiger partial charge in [-0.2, -0.15) is 0 Å². The van der Waals surface area contributed by atoms with Crippen molar-refractivity contribution in [2.45, 2.75) is 137 Å². The minimum absolute atomic E-state index is 0.624. The topological polar surface area (TPSA) is 308 Å². The van der Waals surface area contributed by atoms with E-state index in [-0.39, 0.29) is 0 Å². The lowest BCUT2D eigenvalue weighted by molar-refractivity contribution is -0.386. The molecular weight excluding hydrogens is 804 g/mol. The largest absolute Gasteiger partial charge is 0.479 e. The fraction of sp³-hybridized carbons (Fsp3) is 0.886. The van der Waals surface area contributed by atoms with Crippen LogP contribution in [0.15, 0.2) is 0 Å². The third-order valence-corrected chi connectivity index (χ3v) is 10.5. The number of methoxy groups -OCH3 is 6. The van der Waals surface area contributed by atoms with Crippen molar-refractivity contribution in [2.24, 2.45) is 5.92 Å². The third-order valence-electron chi connectivity index (χ3n) is 10.5. The first-order valence-corrected chi connectivity index (χ1v) is 18.5. The fourth-order valence-corrected chi connectivity index (χ4v) is 7.71. The van der Waals surface area contributed by atoms with Crippen LogP contribution in [0.1, 0.15) is 20.8 Å². The molecule has 0 radical (unpaired) electrons. The van der Waals surface area contributed by atoms with Crippen LogP contribution in [-0.4, -0.2) is 222 Å². The van der Waals surface area contributed by atoms with Gasteiger partial charge in [-0.25, -0.2) is 9.59 Å². The summed E-state index contributed by atoms with van der Waals surface area (Å²) in [6.45, 7) is 2.42. The summed E-state index contributed by atoms with van der Waals surface area (Å²) in [5.74, 6) is -5.42. The van der Waals surface area contributed by atoms with Crippen molar-refractivity contribution in [3.8, 4) is 0 Å². The zero-order valence-electron chi connectivity index (χ0n) is 34.0. The van der Waals surface area contributed by atoms with E-state index >= 15 is 0 Å². The Labute approximate surface area is 338 Å². The fourth-order valence-electron chi connectivity index (χ4n) is 7.71. The summed E-state index contributed by atoms with van der Waals surface area (Å²) in [6.07, 6.45) is -28.0. The number of aliphatic hydroxyl groups excluding tert-OH is 3. The van der Waals surface area contributed by atoms with Gasteiger partial charge in [0.15, 0.2) is 43.5 Å². The predicted molar refractivity (Wildman–Crippen MR) is 186 cm³/mol. The van der Waals surface area contributed by atoms with Gasteiger partial charge in [0.05, 0.1) is 12.7 Å². The summed E-state index contributed by atoms with van der Waals surface area (Å²) >= 11 is 0. The van der Waals surface area contributed by atoms with E-state index in [1.165, 1.54) is 42.7 Å². The zero-order valence-corrected chi connectivity index (χ0v) is 34.0. The second-order valence-corrected chi connectivity index (χ2v) is 14.1. The molecule has 0 aromatic carbocycles. The Kier molecular flexibility index (Phi) is 18.1. The highest BCUT2D eigenvalue weighted by Gasteiger charge is 2.59. The number of aliphatic hydroxyl groups is 3. The molecule has 8 unspecified atom stereocenters. The van der Waals surface area contributed by atoms with E-state index in [2.05, 4.69) is 0 Å². The summed E-state index contributed by atoms with van der Waals surface area (Å²) in [6, 6.07) is 0. The molecule has 4 rings (SSSR count). The van der Waals surface area contributed by atoms with Gasteiger partial charge >= 0.3 is 23.9 Å². The van der Waals surface area contributed by atoms with E-state index in [0.29, 0.717) is 0 Å². The molecule has 0 aromatic rings. The maximum absolute atomic E-state index is 12.9. The number of carbonyl (C=O) groups is 4. The molecule has 4 aliphatic heterocycles. The van der Waals surface area contributed by atoms with Crippen LogP contribution < -0.4 is 0 Å². The first-order valence-electron chi connectivity index (χ1n) is 18.5. The number of esters is 2. The SMILES string of the molecule is COC1C(OC)[C@H](O[C@H]2O[C@@H](COC(C)=O)[C@@H](O[C@@H]3OC(C(=O)O)[C@@H](C)[C@H](OC)C3OC)C(OC(C)=O)C2O)[C@H](C(=O)O)O[C@@H]1O[C@@H]1C(CO)O[C@H](OC)C(O)[C@H]1OC. The number of hydrogen-bond donors (Lipinski definition) is 5. The second-order valence-electron chi connectivity index (χ2n) is 14.1. The highest BCUT2D eigenvalue weighted by Crippen LogP contribution is 2.38. The van der Waals surface area contributed by atoms with Crippen LogP contribution in [0.2, 0.25) is 0 Å². The Morgan fingerprint density at radius 3 is 1.46 bits per heavy atom. The number of carboxylic acid groups (broad SMARTS) is 2. The van der Waals surface area contributed by atoms with Gasteiger partial charge in [0.25, 0.3) is 0 Å². The van der Waals surface area contributed by atoms with Crippen LogP contribution in [0.5, 0.6) is 0 Å². The van der Waals surface area contributed by atoms with Crippen LogP contribution in [0, 0.1) is 5.92 Å². The monoisotopic (exact) mass is 860 g/mol. The van der Waals surface area contributed by atoms with Crippen molar-refractivity contribution in [2.75, 3.05) is 55.9 Å². The average molecular weight is 861 g/mol. The highest BCUT2D eigenvalue weighted by atomic mass is 16.8.